The Hall–Kier alpha value is -1.27. The van der Waals surface area contributed by atoms with Crippen LogP contribution in [0.2, 0.25) is 5.02 Å². The third-order valence-corrected chi connectivity index (χ3v) is 5.16. The third-order valence-electron chi connectivity index (χ3n) is 3.95. The molecular weight excluding hydrogens is 408 g/mol. The van der Waals surface area contributed by atoms with Gasteiger partial charge in [0.05, 0.1) is 11.4 Å². The van der Waals surface area contributed by atoms with Crippen LogP contribution in [-0.4, -0.2) is 53.1 Å². The first-order chi connectivity index (χ1) is 11.6. The first-order valence-electron chi connectivity index (χ1n) is 8.28. The molecule has 0 saturated carbocycles. The van der Waals surface area contributed by atoms with E-state index in [1.807, 2.05) is 39.8 Å². The summed E-state index contributed by atoms with van der Waals surface area (Å²) in [6.45, 7) is 8.97. The molecule has 0 bridgehead atoms. The second kappa shape index (κ2) is 7.96. The maximum absolute atomic E-state index is 12.6. The average Bonchev–Trinajstić information content (AvgIpc) is 2.49. The second-order valence-corrected chi connectivity index (χ2v) is 8.55. The van der Waals surface area contributed by atoms with E-state index >= 15 is 0 Å². The Bertz CT molecular complexity index is 660. The van der Waals surface area contributed by atoms with Gasteiger partial charge in [-0.25, -0.2) is 4.79 Å². The molecule has 1 fully saturated rings. The fraction of sp³-hybridized carbons (Fsp3) is 0.556. The zero-order chi connectivity index (χ0) is 18.8. The topological polar surface area (TPSA) is 49.9 Å². The predicted molar refractivity (Wildman–Crippen MR) is 102 cm³/mol. The highest BCUT2D eigenvalue weighted by molar-refractivity contribution is 9.10. The fourth-order valence-electron chi connectivity index (χ4n) is 2.71. The van der Waals surface area contributed by atoms with Crippen molar-refractivity contribution >= 4 is 39.5 Å². The molecule has 1 heterocycles. The first kappa shape index (κ1) is 20.0. The van der Waals surface area contributed by atoms with E-state index in [9.17, 15) is 9.59 Å². The van der Waals surface area contributed by atoms with E-state index < -0.39 is 5.60 Å². The molecule has 2 amide bonds. The molecular formula is C18H24BrClN2O3. The van der Waals surface area contributed by atoms with Gasteiger partial charge in [0.1, 0.15) is 5.60 Å². The van der Waals surface area contributed by atoms with Crippen LogP contribution in [0.15, 0.2) is 22.7 Å². The molecule has 1 aromatic rings. The average molecular weight is 432 g/mol. The number of carbonyl (C=O) groups excluding carboxylic acids is 2. The molecule has 1 aliphatic rings. The quantitative estimate of drug-likeness (QED) is 0.708. The Morgan fingerprint density at radius 1 is 1.32 bits per heavy atom. The molecule has 0 aromatic heterocycles. The summed E-state index contributed by atoms with van der Waals surface area (Å²) < 4.78 is 6.21. The van der Waals surface area contributed by atoms with Crippen molar-refractivity contribution in [2.24, 2.45) is 0 Å². The van der Waals surface area contributed by atoms with Crippen LogP contribution >= 0.6 is 27.5 Å². The van der Waals surface area contributed by atoms with Crippen LogP contribution in [0.5, 0.6) is 0 Å². The molecule has 0 aliphatic carbocycles. The smallest absolute Gasteiger partial charge is 0.410 e. The van der Waals surface area contributed by atoms with Gasteiger partial charge >= 0.3 is 6.09 Å². The second-order valence-electron chi connectivity index (χ2n) is 7.29. The minimum absolute atomic E-state index is 0.0462. The molecule has 1 aliphatic heterocycles. The Balaban J connectivity index is 1.94. The predicted octanol–water partition coefficient (Wildman–Crippen LogP) is 4.11. The van der Waals surface area contributed by atoms with Gasteiger partial charge in [0.15, 0.2) is 0 Å². The van der Waals surface area contributed by atoms with E-state index in [-0.39, 0.29) is 18.0 Å². The van der Waals surface area contributed by atoms with Gasteiger partial charge in [-0.1, -0.05) is 17.7 Å². The van der Waals surface area contributed by atoms with Crippen molar-refractivity contribution in [3.8, 4) is 0 Å². The monoisotopic (exact) mass is 430 g/mol. The Morgan fingerprint density at radius 3 is 2.56 bits per heavy atom. The van der Waals surface area contributed by atoms with Crippen LogP contribution in [0.4, 0.5) is 4.79 Å². The van der Waals surface area contributed by atoms with Crippen LogP contribution < -0.4 is 0 Å². The number of rotatable bonds is 2. The van der Waals surface area contributed by atoms with Crippen LogP contribution in [0.3, 0.4) is 0 Å². The number of halogens is 2. The fourth-order valence-corrected chi connectivity index (χ4v) is 3.26. The van der Waals surface area contributed by atoms with Gasteiger partial charge in [-0.15, -0.1) is 0 Å². The van der Waals surface area contributed by atoms with Crippen LogP contribution in [0, 0.1) is 0 Å². The molecule has 1 atom stereocenters. The van der Waals surface area contributed by atoms with E-state index in [4.69, 9.17) is 16.3 Å². The molecule has 0 unspecified atom stereocenters. The standard InChI is InChI=1S/C18H24BrClN2O3/c1-12-11-21(7-8-22(12)17(24)25-18(2,3)4)16(23)10-13-5-6-15(20)14(19)9-13/h5-6,9,12H,7-8,10-11H2,1-4H3/t12-/m1/s1. The number of carbonyl (C=O) groups is 2. The van der Waals surface area contributed by atoms with Crippen molar-refractivity contribution in [2.45, 2.75) is 45.8 Å². The van der Waals surface area contributed by atoms with Crippen LogP contribution in [-0.2, 0) is 16.0 Å². The number of nitrogens with zero attached hydrogens (tertiary/aromatic N) is 2. The van der Waals surface area contributed by atoms with Crippen molar-refractivity contribution in [3.63, 3.8) is 0 Å². The Kier molecular flexibility index (Phi) is 6.38. The van der Waals surface area contributed by atoms with Gasteiger partial charge < -0.3 is 14.5 Å². The summed E-state index contributed by atoms with van der Waals surface area (Å²) in [5.41, 5.74) is 0.384. The zero-order valence-electron chi connectivity index (χ0n) is 15.0. The molecule has 138 valence electrons. The van der Waals surface area contributed by atoms with Crippen molar-refractivity contribution in [1.29, 1.82) is 0 Å². The lowest BCUT2D eigenvalue weighted by Gasteiger charge is -2.40. The van der Waals surface area contributed by atoms with Crippen molar-refractivity contribution in [1.82, 2.24) is 9.80 Å². The number of benzene rings is 1. The van der Waals surface area contributed by atoms with Gasteiger partial charge in [0.25, 0.3) is 0 Å². The van der Waals surface area contributed by atoms with E-state index in [0.29, 0.717) is 31.1 Å². The summed E-state index contributed by atoms with van der Waals surface area (Å²) in [6, 6.07) is 5.41. The summed E-state index contributed by atoms with van der Waals surface area (Å²) in [5, 5.41) is 0.621. The molecule has 0 radical (unpaired) electrons. The van der Waals surface area contributed by atoms with E-state index in [1.165, 1.54) is 0 Å². The summed E-state index contributed by atoms with van der Waals surface area (Å²) in [6.07, 6.45) is -0.0108. The summed E-state index contributed by atoms with van der Waals surface area (Å²) in [4.78, 5) is 28.3. The highest BCUT2D eigenvalue weighted by atomic mass is 79.9. The summed E-state index contributed by atoms with van der Waals surface area (Å²) in [5.74, 6) is 0.0462. The molecule has 0 spiro atoms. The number of ether oxygens (including phenoxy) is 1. The van der Waals surface area contributed by atoms with E-state index in [1.54, 1.807) is 15.9 Å². The van der Waals surface area contributed by atoms with Gasteiger partial charge in [-0.2, -0.15) is 0 Å². The molecule has 5 nitrogen and oxygen atoms in total. The molecule has 1 aromatic carbocycles. The lowest BCUT2D eigenvalue weighted by atomic mass is 10.1. The van der Waals surface area contributed by atoms with E-state index in [2.05, 4.69) is 15.9 Å². The van der Waals surface area contributed by atoms with E-state index in [0.717, 1.165) is 10.0 Å². The highest BCUT2D eigenvalue weighted by Gasteiger charge is 2.32. The summed E-state index contributed by atoms with van der Waals surface area (Å²) in [7, 11) is 0. The van der Waals surface area contributed by atoms with Gasteiger partial charge in [0.2, 0.25) is 5.91 Å². The maximum Gasteiger partial charge on any atom is 0.410 e. The maximum atomic E-state index is 12.6. The van der Waals surface area contributed by atoms with Gasteiger partial charge in [-0.3, -0.25) is 4.79 Å². The van der Waals surface area contributed by atoms with Crippen molar-refractivity contribution in [2.75, 3.05) is 19.6 Å². The lowest BCUT2D eigenvalue weighted by Crippen LogP contribution is -2.56. The van der Waals surface area contributed by atoms with Crippen LogP contribution in [0.1, 0.15) is 33.3 Å². The molecule has 7 heteroatoms. The number of piperazine rings is 1. The van der Waals surface area contributed by atoms with Gasteiger partial charge in [0, 0.05) is 30.1 Å². The molecule has 2 rings (SSSR count). The molecule has 1 saturated heterocycles. The van der Waals surface area contributed by atoms with Gasteiger partial charge in [-0.05, 0) is 61.3 Å². The summed E-state index contributed by atoms with van der Waals surface area (Å²) >= 11 is 9.36. The third kappa shape index (κ3) is 5.61. The van der Waals surface area contributed by atoms with Crippen molar-refractivity contribution < 1.29 is 14.3 Å². The van der Waals surface area contributed by atoms with Crippen molar-refractivity contribution in [3.05, 3.63) is 33.3 Å². The Labute approximate surface area is 162 Å². The number of amides is 2. The largest absolute Gasteiger partial charge is 0.444 e. The Morgan fingerprint density at radius 2 is 2.00 bits per heavy atom. The zero-order valence-corrected chi connectivity index (χ0v) is 17.4. The highest BCUT2D eigenvalue weighted by Crippen LogP contribution is 2.24. The molecule has 25 heavy (non-hydrogen) atoms. The molecule has 0 N–H and O–H groups in total. The lowest BCUT2D eigenvalue weighted by molar-refractivity contribution is -0.133. The van der Waals surface area contributed by atoms with Crippen LogP contribution in [0.25, 0.3) is 0 Å². The SMILES string of the molecule is C[C@@H]1CN(C(=O)Cc2ccc(Cl)c(Br)c2)CCN1C(=O)OC(C)(C)C. The minimum atomic E-state index is -0.522. The minimum Gasteiger partial charge on any atom is -0.444 e. The normalized spacial score (nSPS) is 18.2. The first-order valence-corrected chi connectivity index (χ1v) is 9.45. The number of hydrogen-bond acceptors (Lipinski definition) is 3. The number of hydrogen-bond donors (Lipinski definition) is 0.